The van der Waals surface area contributed by atoms with Crippen LogP contribution in [0.25, 0.3) is 0 Å². The van der Waals surface area contributed by atoms with Crippen molar-refractivity contribution in [1.82, 2.24) is 0 Å². The Morgan fingerprint density at radius 1 is 1.03 bits per heavy atom. The molecule has 0 unspecified atom stereocenters. The maximum absolute atomic E-state index is 11.6. The van der Waals surface area contributed by atoms with E-state index in [4.69, 9.17) is 23.7 Å². The van der Waals surface area contributed by atoms with Crippen molar-refractivity contribution in [2.75, 3.05) is 42.7 Å². The van der Waals surface area contributed by atoms with Crippen LogP contribution in [0.4, 0.5) is 5.69 Å². The summed E-state index contributed by atoms with van der Waals surface area (Å²) in [5.74, 6) is -0.0571. The molecule has 1 aromatic carbocycles. The second-order valence-corrected chi connectivity index (χ2v) is 7.94. The average molecular weight is 484 g/mol. The third kappa shape index (κ3) is 7.68. The predicted octanol–water partition coefficient (Wildman–Crippen LogP) is 4.11. The molecule has 0 heterocycles. The Morgan fingerprint density at radius 3 is 2.18 bits per heavy atom. The first-order chi connectivity index (χ1) is 16.2. The molecule has 192 valence electrons. The van der Waals surface area contributed by atoms with E-state index < -0.39 is 11.0 Å². The molecule has 0 aliphatic carbocycles. The van der Waals surface area contributed by atoms with E-state index in [0.29, 0.717) is 17.7 Å². The largest absolute Gasteiger partial charge is 0.496 e. The number of carbonyl (C=O) groups excluding carboxylic acids is 1. The molecule has 1 rings (SSSR count). The molecule has 0 saturated carbocycles. The Bertz CT molecular complexity index is 827. The van der Waals surface area contributed by atoms with Gasteiger partial charge in [0, 0.05) is 32.8 Å². The molecule has 10 heteroatoms. The summed E-state index contributed by atoms with van der Waals surface area (Å²) in [5, 5.41) is 11.6. The van der Waals surface area contributed by atoms with Crippen LogP contribution in [0.5, 0.6) is 11.5 Å². The van der Waals surface area contributed by atoms with Gasteiger partial charge in [-0.25, -0.2) is 0 Å². The first-order valence-corrected chi connectivity index (χ1v) is 10.9. The lowest BCUT2D eigenvalue weighted by Crippen LogP contribution is -2.37. The van der Waals surface area contributed by atoms with Crippen LogP contribution in [0, 0.1) is 22.0 Å². The van der Waals surface area contributed by atoms with E-state index in [9.17, 15) is 14.9 Å². The maximum atomic E-state index is 11.6. The zero-order valence-electron chi connectivity index (χ0n) is 21.2. The first-order valence-electron chi connectivity index (χ1n) is 10.9. The van der Waals surface area contributed by atoms with Gasteiger partial charge in [-0.05, 0) is 18.4 Å². The Balaban J connectivity index is 3.20. The maximum Gasteiger partial charge on any atom is 0.315 e. The summed E-state index contributed by atoms with van der Waals surface area (Å²) in [4.78, 5) is 22.5. The molecule has 5 atom stereocenters. The van der Waals surface area contributed by atoms with Crippen molar-refractivity contribution in [2.45, 2.75) is 45.0 Å². The Hall–Kier alpha value is -2.69. The van der Waals surface area contributed by atoms with E-state index in [1.807, 2.05) is 19.9 Å². The van der Waals surface area contributed by atoms with Gasteiger partial charge in [0.1, 0.15) is 5.75 Å². The number of nitro benzene ring substituents is 1. The summed E-state index contributed by atoms with van der Waals surface area (Å²) in [6.07, 6.45) is 3.18. The molecule has 0 radical (unpaired) electrons. The van der Waals surface area contributed by atoms with Gasteiger partial charge in [0.05, 0.1) is 57.1 Å². The average Bonchev–Trinajstić information content (AvgIpc) is 2.83. The lowest BCUT2D eigenvalue weighted by atomic mass is 9.87. The highest BCUT2D eigenvalue weighted by Crippen LogP contribution is 2.43. The van der Waals surface area contributed by atoms with E-state index in [-0.39, 0.29) is 47.9 Å². The molecule has 0 aliphatic rings. The van der Waals surface area contributed by atoms with Crippen LogP contribution >= 0.6 is 0 Å². The Morgan fingerprint density at radius 2 is 1.71 bits per heavy atom. The molecular weight excluding hydrogens is 446 g/mol. The number of ether oxygens (including phenoxy) is 6. The number of nitro groups is 1. The third-order valence-corrected chi connectivity index (χ3v) is 5.80. The van der Waals surface area contributed by atoms with Crippen molar-refractivity contribution in [3.8, 4) is 11.5 Å². The van der Waals surface area contributed by atoms with Gasteiger partial charge in [0.25, 0.3) is 0 Å². The van der Waals surface area contributed by atoms with Gasteiger partial charge in [-0.3, -0.25) is 14.9 Å². The number of methoxy groups -OCH3 is 6. The lowest BCUT2D eigenvalue weighted by Gasteiger charge is -2.33. The number of esters is 1. The van der Waals surface area contributed by atoms with Crippen molar-refractivity contribution < 1.29 is 38.1 Å². The zero-order valence-corrected chi connectivity index (χ0v) is 21.2. The van der Waals surface area contributed by atoms with Crippen LogP contribution in [0.2, 0.25) is 0 Å². The molecule has 0 aliphatic heterocycles. The summed E-state index contributed by atoms with van der Waals surface area (Å²) in [6.45, 7) is 3.94. The van der Waals surface area contributed by atoms with Gasteiger partial charge in [0.15, 0.2) is 0 Å². The first kappa shape index (κ1) is 29.3. The number of hydrogen-bond acceptors (Lipinski definition) is 9. The van der Waals surface area contributed by atoms with Gasteiger partial charge in [-0.1, -0.05) is 26.0 Å². The minimum atomic E-state index is -0.538. The molecule has 10 nitrogen and oxygen atoms in total. The molecule has 34 heavy (non-hydrogen) atoms. The van der Waals surface area contributed by atoms with Gasteiger partial charge in [0.2, 0.25) is 5.75 Å². The molecule has 0 amide bonds. The highest BCUT2D eigenvalue weighted by molar-refractivity contribution is 5.70. The summed E-state index contributed by atoms with van der Waals surface area (Å²) < 4.78 is 32.6. The van der Waals surface area contributed by atoms with Crippen molar-refractivity contribution in [3.63, 3.8) is 0 Å². The van der Waals surface area contributed by atoms with Gasteiger partial charge in [-0.2, -0.15) is 0 Å². The Labute approximate surface area is 201 Å². The number of benzene rings is 1. The normalized spacial score (nSPS) is 15.9. The topological polar surface area (TPSA) is 116 Å². The minimum Gasteiger partial charge on any atom is -0.496 e. The molecule has 1 aromatic rings. The monoisotopic (exact) mass is 483 g/mol. The highest BCUT2D eigenvalue weighted by Gasteiger charge is 2.33. The van der Waals surface area contributed by atoms with Crippen LogP contribution in [-0.2, 0) is 23.7 Å². The number of hydrogen-bond donors (Lipinski definition) is 0. The number of rotatable bonds is 15. The fourth-order valence-electron chi connectivity index (χ4n) is 4.09. The minimum absolute atomic E-state index is 0.0553. The van der Waals surface area contributed by atoms with Crippen molar-refractivity contribution >= 4 is 11.7 Å². The molecule has 0 spiro atoms. The van der Waals surface area contributed by atoms with Crippen LogP contribution in [0.3, 0.4) is 0 Å². The van der Waals surface area contributed by atoms with E-state index in [2.05, 4.69) is 4.74 Å². The SMILES string of the molecule is COC(=O)C/C=C/[C@H](C)[C@@H](OC)[C@H](C[C@H](C)[C@@H](OC)c1cc(OC)cc([N+](=O)[O-])c1OC)OC. The van der Waals surface area contributed by atoms with E-state index in [1.165, 1.54) is 27.4 Å². The standard InChI is InChI=1S/C24H37NO9/c1-15(10-9-11-21(26)31-5)23(33-7)20(30-4)12-16(2)22(32-6)18-13-17(29-3)14-19(25(27)28)24(18)34-8/h9-10,13-16,20,22-23H,11-12H2,1-8H3/b10-9+/t15-,16-,20-,22+,23+/m0/s1. The van der Waals surface area contributed by atoms with Crippen molar-refractivity contribution in [2.24, 2.45) is 11.8 Å². The molecule has 0 fully saturated rings. The van der Waals surface area contributed by atoms with Gasteiger partial charge >= 0.3 is 11.7 Å². The van der Waals surface area contributed by atoms with Crippen LogP contribution in [0.1, 0.15) is 38.4 Å². The quantitative estimate of drug-likeness (QED) is 0.157. The second kappa shape index (κ2) is 14.5. The van der Waals surface area contributed by atoms with E-state index in [1.54, 1.807) is 33.5 Å². The van der Waals surface area contributed by atoms with E-state index in [0.717, 1.165) is 0 Å². The summed E-state index contributed by atoms with van der Waals surface area (Å²) in [5.41, 5.74) is 0.312. The summed E-state index contributed by atoms with van der Waals surface area (Å²) in [7, 11) is 8.93. The molecular formula is C24H37NO9. The van der Waals surface area contributed by atoms with Crippen LogP contribution < -0.4 is 9.47 Å². The van der Waals surface area contributed by atoms with Gasteiger partial charge < -0.3 is 28.4 Å². The summed E-state index contributed by atoms with van der Waals surface area (Å²) in [6, 6.07) is 3.01. The predicted molar refractivity (Wildman–Crippen MR) is 126 cm³/mol. The lowest BCUT2D eigenvalue weighted by molar-refractivity contribution is -0.385. The molecule has 0 bridgehead atoms. The Kier molecular flexibility index (Phi) is 12.6. The molecule has 0 saturated heterocycles. The van der Waals surface area contributed by atoms with Crippen molar-refractivity contribution in [3.05, 3.63) is 40.0 Å². The third-order valence-electron chi connectivity index (χ3n) is 5.80. The molecule has 0 aromatic heterocycles. The smallest absolute Gasteiger partial charge is 0.315 e. The molecule has 0 N–H and O–H groups in total. The number of nitrogens with zero attached hydrogens (tertiary/aromatic N) is 1. The number of carbonyl (C=O) groups is 1. The van der Waals surface area contributed by atoms with Gasteiger partial charge in [-0.15, -0.1) is 0 Å². The second-order valence-electron chi connectivity index (χ2n) is 7.94. The summed E-state index contributed by atoms with van der Waals surface area (Å²) >= 11 is 0. The highest BCUT2D eigenvalue weighted by atomic mass is 16.6. The van der Waals surface area contributed by atoms with Crippen molar-refractivity contribution in [1.29, 1.82) is 0 Å². The fourth-order valence-corrected chi connectivity index (χ4v) is 4.09. The van der Waals surface area contributed by atoms with Crippen LogP contribution in [0.15, 0.2) is 24.3 Å². The fraction of sp³-hybridized carbons (Fsp3) is 0.625. The zero-order chi connectivity index (χ0) is 25.8. The van der Waals surface area contributed by atoms with E-state index >= 15 is 0 Å². The van der Waals surface area contributed by atoms with Crippen LogP contribution in [-0.4, -0.2) is 65.8 Å².